The third kappa shape index (κ3) is 2.13. The lowest BCUT2D eigenvalue weighted by Crippen LogP contribution is -1.99. The van der Waals surface area contributed by atoms with Crippen LogP contribution in [0.1, 0.15) is 5.82 Å². The van der Waals surface area contributed by atoms with E-state index in [4.69, 9.17) is 19.9 Å². The van der Waals surface area contributed by atoms with E-state index in [0.29, 0.717) is 28.8 Å². The smallest absolute Gasteiger partial charge is 0.164 e. The summed E-state index contributed by atoms with van der Waals surface area (Å²) in [7, 11) is 6.63. The van der Waals surface area contributed by atoms with Crippen molar-refractivity contribution in [3.05, 3.63) is 18.0 Å². The van der Waals surface area contributed by atoms with Crippen LogP contribution >= 0.6 is 0 Å². The molecule has 1 aromatic heterocycles. The second-order valence-electron chi connectivity index (χ2n) is 4.36. The number of anilines is 1. The molecule has 0 saturated heterocycles. The Morgan fingerprint density at radius 3 is 2.00 bits per heavy atom. The van der Waals surface area contributed by atoms with Crippen LogP contribution in [0.5, 0.6) is 17.2 Å². The number of rotatable bonds is 4. The minimum atomic E-state index is 0.577. The first-order valence-electron chi connectivity index (χ1n) is 6.12. The monoisotopic (exact) mass is 277 g/mol. The first-order chi connectivity index (χ1) is 9.53. The number of nitrogens with two attached hydrogens (primary N) is 1. The van der Waals surface area contributed by atoms with Crippen LogP contribution in [0.4, 0.5) is 5.82 Å². The molecule has 0 aliphatic heterocycles. The Morgan fingerprint density at radius 1 is 1.00 bits per heavy atom. The van der Waals surface area contributed by atoms with E-state index in [9.17, 15) is 0 Å². The van der Waals surface area contributed by atoms with Crippen molar-refractivity contribution in [2.75, 3.05) is 27.1 Å². The molecule has 0 amide bonds. The van der Waals surface area contributed by atoms with Gasteiger partial charge in [0.1, 0.15) is 23.1 Å². The lowest BCUT2D eigenvalue weighted by atomic mass is 10.1. The van der Waals surface area contributed by atoms with Crippen molar-refractivity contribution in [3.63, 3.8) is 0 Å². The van der Waals surface area contributed by atoms with Crippen molar-refractivity contribution in [3.8, 4) is 28.5 Å². The Labute approximate surface area is 118 Å². The Bertz CT molecular complexity index is 635. The highest BCUT2D eigenvalue weighted by atomic mass is 16.5. The molecule has 0 atom stereocenters. The average Bonchev–Trinajstić information content (AvgIpc) is 2.73. The van der Waals surface area contributed by atoms with Gasteiger partial charge in [-0.25, -0.2) is 4.98 Å². The third-order valence-corrected chi connectivity index (χ3v) is 3.32. The van der Waals surface area contributed by atoms with E-state index < -0.39 is 0 Å². The summed E-state index contributed by atoms with van der Waals surface area (Å²) in [4.78, 5) is 4.48. The van der Waals surface area contributed by atoms with Crippen molar-refractivity contribution in [1.29, 1.82) is 0 Å². The van der Waals surface area contributed by atoms with Crippen LogP contribution in [-0.2, 0) is 7.05 Å². The van der Waals surface area contributed by atoms with Gasteiger partial charge in [-0.2, -0.15) is 0 Å². The molecule has 6 nitrogen and oxygen atoms in total. The molecule has 2 aromatic rings. The number of benzene rings is 1. The van der Waals surface area contributed by atoms with Gasteiger partial charge in [0.15, 0.2) is 11.5 Å². The van der Waals surface area contributed by atoms with E-state index in [1.165, 1.54) is 0 Å². The molecule has 2 rings (SSSR count). The highest BCUT2D eigenvalue weighted by Crippen LogP contribution is 2.41. The minimum absolute atomic E-state index is 0.577. The van der Waals surface area contributed by atoms with Gasteiger partial charge in [-0.05, 0) is 13.0 Å². The molecule has 20 heavy (non-hydrogen) atoms. The van der Waals surface area contributed by atoms with E-state index in [1.54, 1.807) is 27.4 Å². The maximum Gasteiger partial charge on any atom is 0.164 e. The number of aromatic nitrogens is 2. The Balaban J connectivity index is 2.69. The highest BCUT2D eigenvalue weighted by Gasteiger charge is 2.19. The number of hydrogen-bond acceptors (Lipinski definition) is 5. The molecule has 0 bridgehead atoms. The molecule has 0 saturated carbocycles. The Hall–Kier alpha value is -2.37. The van der Waals surface area contributed by atoms with Gasteiger partial charge in [0.2, 0.25) is 0 Å². The number of methoxy groups -OCH3 is 3. The summed E-state index contributed by atoms with van der Waals surface area (Å²) in [5.74, 6) is 3.24. The Morgan fingerprint density at radius 2 is 1.55 bits per heavy atom. The lowest BCUT2D eigenvalue weighted by Gasteiger charge is -2.13. The molecule has 6 heteroatoms. The number of imidazole rings is 1. The maximum absolute atomic E-state index is 6.09. The molecule has 1 heterocycles. The Kier molecular flexibility index (Phi) is 3.74. The van der Waals surface area contributed by atoms with E-state index in [1.807, 2.05) is 24.6 Å². The summed E-state index contributed by atoms with van der Waals surface area (Å²) >= 11 is 0. The van der Waals surface area contributed by atoms with Crippen LogP contribution < -0.4 is 19.9 Å². The van der Waals surface area contributed by atoms with E-state index in [0.717, 1.165) is 11.4 Å². The van der Waals surface area contributed by atoms with Crippen LogP contribution in [0.3, 0.4) is 0 Å². The standard InChI is InChI=1S/C14H19N3O3/c1-8-16-13(14(15)17(8)2)9-6-11(19-4)12(20-5)7-10(9)18-3/h6-7H,15H2,1-5H3. The summed E-state index contributed by atoms with van der Waals surface area (Å²) in [6.07, 6.45) is 0. The summed E-state index contributed by atoms with van der Waals surface area (Å²) in [5.41, 5.74) is 7.53. The average molecular weight is 277 g/mol. The molecule has 0 fully saturated rings. The number of ether oxygens (including phenoxy) is 3. The van der Waals surface area contributed by atoms with Gasteiger partial charge in [0.05, 0.1) is 21.3 Å². The van der Waals surface area contributed by atoms with Gasteiger partial charge >= 0.3 is 0 Å². The molecular weight excluding hydrogens is 258 g/mol. The number of nitrogen functional groups attached to an aromatic ring is 1. The van der Waals surface area contributed by atoms with Gasteiger partial charge in [0, 0.05) is 18.7 Å². The zero-order valence-electron chi connectivity index (χ0n) is 12.4. The summed E-state index contributed by atoms with van der Waals surface area (Å²) < 4.78 is 17.8. The molecule has 1 aromatic carbocycles. The van der Waals surface area contributed by atoms with Crippen molar-refractivity contribution >= 4 is 5.82 Å². The van der Waals surface area contributed by atoms with Gasteiger partial charge in [0.25, 0.3) is 0 Å². The van der Waals surface area contributed by atoms with Crippen molar-refractivity contribution in [2.45, 2.75) is 6.92 Å². The molecule has 2 N–H and O–H groups in total. The van der Waals surface area contributed by atoms with Gasteiger partial charge in [-0.15, -0.1) is 0 Å². The zero-order valence-corrected chi connectivity index (χ0v) is 12.4. The third-order valence-electron chi connectivity index (χ3n) is 3.32. The molecule has 0 radical (unpaired) electrons. The molecule has 0 aliphatic carbocycles. The van der Waals surface area contributed by atoms with Crippen molar-refractivity contribution in [2.24, 2.45) is 7.05 Å². The SMILES string of the molecule is COc1cc(OC)c(-c2nc(C)n(C)c2N)cc1OC. The molecule has 0 aliphatic rings. The summed E-state index contributed by atoms with van der Waals surface area (Å²) in [6, 6.07) is 3.58. The minimum Gasteiger partial charge on any atom is -0.496 e. The predicted octanol–water partition coefficient (Wildman–Crippen LogP) is 2.00. The quantitative estimate of drug-likeness (QED) is 0.925. The zero-order chi connectivity index (χ0) is 14.9. The van der Waals surface area contributed by atoms with Crippen LogP contribution in [0.2, 0.25) is 0 Å². The summed E-state index contributed by atoms with van der Waals surface area (Å²) in [5, 5.41) is 0. The largest absolute Gasteiger partial charge is 0.496 e. The van der Waals surface area contributed by atoms with Crippen LogP contribution in [-0.4, -0.2) is 30.9 Å². The fourth-order valence-corrected chi connectivity index (χ4v) is 2.04. The van der Waals surface area contributed by atoms with E-state index in [2.05, 4.69) is 4.98 Å². The number of nitrogens with zero attached hydrogens (tertiary/aromatic N) is 2. The van der Waals surface area contributed by atoms with Crippen molar-refractivity contribution < 1.29 is 14.2 Å². The second kappa shape index (κ2) is 5.32. The van der Waals surface area contributed by atoms with Crippen molar-refractivity contribution in [1.82, 2.24) is 9.55 Å². The molecule has 0 unspecified atom stereocenters. The topological polar surface area (TPSA) is 71.5 Å². The van der Waals surface area contributed by atoms with Crippen LogP contribution in [0, 0.1) is 6.92 Å². The molecule has 0 spiro atoms. The van der Waals surface area contributed by atoms with E-state index >= 15 is 0 Å². The predicted molar refractivity (Wildman–Crippen MR) is 77.4 cm³/mol. The number of aryl methyl sites for hydroxylation is 1. The normalized spacial score (nSPS) is 10.4. The fourth-order valence-electron chi connectivity index (χ4n) is 2.04. The fraction of sp³-hybridized carbons (Fsp3) is 0.357. The van der Waals surface area contributed by atoms with E-state index in [-0.39, 0.29) is 0 Å². The van der Waals surface area contributed by atoms with Crippen LogP contribution in [0.25, 0.3) is 11.3 Å². The maximum atomic E-state index is 6.09. The first kappa shape index (κ1) is 14.0. The van der Waals surface area contributed by atoms with Gasteiger partial charge in [-0.3, -0.25) is 0 Å². The van der Waals surface area contributed by atoms with Crippen LogP contribution in [0.15, 0.2) is 12.1 Å². The second-order valence-corrected chi connectivity index (χ2v) is 4.36. The number of hydrogen-bond donors (Lipinski definition) is 1. The molecular formula is C14H19N3O3. The molecule has 108 valence electrons. The lowest BCUT2D eigenvalue weighted by molar-refractivity contribution is 0.349. The summed E-state index contributed by atoms with van der Waals surface area (Å²) in [6.45, 7) is 1.90. The van der Waals surface area contributed by atoms with Gasteiger partial charge in [-0.1, -0.05) is 0 Å². The van der Waals surface area contributed by atoms with Gasteiger partial charge < -0.3 is 24.5 Å². The first-order valence-corrected chi connectivity index (χ1v) is 6.12. The highest BCUT2D eigenvalue weighted by molar-refractivity contribution is 5.78.